The summed E-state index contributed by atoms with van der Waals surface area (Å²) in [5.41, 5.74) is 2.78. The molecule has 0 amide bonds. The minimum atomic E-state index is 0.314. The van der Waals surface area contributed by atoms with Crippen LogP contribution in [0.15, 0.2) is 24.3 Å². The molecule has 0 fully saturated rings. The van der Waals surface area contributed by atoms with Crippen molar-refractivity contribution in [2.24, 2.45) is 5.92 Å². The fraction of sp³-hybridized carbons (Fsp3) is 0.667. The first-order valence-corrected chi connectivity index (χ1v) is 8.07. The summed E-state index contributed by atoms with van der Waals surface area (Å²) in [5.74, 6) is 0.698. The van der Waals surface area contributed by atoms with Crippen LogP contribution in [0, 0.1) is 5.92 Å². The monoisotopic (exact) mass is 277 g/mol. The summed E-state index contributed by atoms with van der Waals surface area (Å²) in [7, 11) is 0. The average Bonchev–Trinajstić information content (AvgIpc) is 2.42. The van der Waals surface area contributed by atoms with Gasteiger partial charge < -0.3 is 10.1 Å². The van der Waals surface area contributed by atoms with E-state index in [-0.39, 0.29) is 0 Å². The lowest BCUT2D eigenvalue weighted by atomic mass is 9.98. The van der Waals surface area contributed by atoms with Crippen molar-refractivity contribution in [1.29, 1.82) is 0 Å². The van der Waals surface area contributed by atoms with Crippen LogP contribution in [0.25, 0.3) is 0 Å². The molecule has 0 heterocycles. The van der Waals surface area contributed by atoms with E-state index in [2.05, 4.69) is 57.3 Å². The summed E-state index contributed by atoms with van der Waals surface area (Å²) in [6.07, 6.45) is 3.37. The molecule has 20 heavy (non-hydrogen) atoms. The van der Waals surface area contributed by atoms with Crippen molar-refractivity contribution < 1.29 is 4.74 Å². The SMILES string of the molecule is CCCNC(COCCC)c1cccc(CC(C)C)c1. The molecule has 1 atom stereocenters. The highest BCUT2D eigenvalue weighted by atomic mass is 16.5. The Bertz CT molecular complexity index is 362. The van der Waals surface area contributed by atoms with Crippen LogP contribution in [0.2, 0.25) is 0 Å². The van der Waals surface area contributed by atoms with Gasteiger partial charge in [0, 0.05) is 6.61 Å². The Hall–Kier alpha value is -0.860. The predicted octanol–water partition coefficient (Wildman–Crippen LogP) is 4.35. The Morgan fingerprint density at radius 3 is 2.60 bits per heavy atom. The van der Waals surface area contributed by atoms with E-state index >= 15 is 0 Å². The minimum Gasteiger partial charge on any atom is -0.379 e. The van der Waals surface area contributed by atoms with Crippen molar-refractivity contribution in [2.75, 3.05) is 19.8 Å². The Labute approximate surface area is 124 Å². The molecule has 114 valence electrons. The van der Waals surface area contributed by atoms with Crippen LogP contribution in [-0.4, -0.2) is 19.8 Å². The zero-order valence-electron chi connectivity index (χ0n) is 13.6. The van der Waals surface area contributed by atoms with E-state index in [0.717, 1.165) is 39.0 Å². The van der Waals surface area contributed by atoms with Gasteiger partial charge in [-0.1, -0.05) is 52.0 Å². The molecule has 1 rings (SSSR count). The van der Waals surface area contributed by atoms with Gasteiger partial charge in [0.25, 0.3) is 0 Å². The van der Waals surface area contributed by atoms with Crippen LogP contribution in [0.3, 0.4) is 0 Å². The minimum absolute atomic E-state index is 0.314. The zero-order chi connectivity index (χ0) is 14.8. The van der Waals surface area contributed by atoms with Crippen molar-refractivity contribution in [1.82, 2.24) is 5.32 Å². The molecule has 1 N–H and O–H groups in total. The highest BCUT2D eigenvalue weighted by Crippen LogP contribution is 2.17. The lowest BCUT2D eigenvalue weighted by Crippen LogP contribution is -2.26. The molecule has 0 bridgehead atoms. The van der Waals surface area contributed by atoms with Gasteiger partial charge in [-0.3, -0.25) is 0 Å². The second kappa shape index (κ2) is 9.95. The van der Waals surface area contributed by atoms with E-state index in [4.69, 9.17) is 4.74 Å². The maximum absolute atomic E-state index is 5.75. The fourth-order valence-corrected chi connectivity index (χ4v) is 2.35. The molecule has 1 aromatic rings. The number of hydrogen-bond acceptors (Lipinski definition) is 2. The third-order valence-corrected chi connectivity index (χ3v) is 3.27. The van der Waals surface area contributed by atoms with Crippen molar-refractivity contribution in [3.05, 3.63) is 35.4 Å². The van der Waals surface area contributed by atoms with Gasteiger partial charge in [0.05, 0.1) is 12.6 Å². The maximum Gasteiger partial charge on any atom is 0.0661 e. The molecule has 0 spiro atoms. The molecule has 0 aliphatic heterocycles. The van der Waals surface area contributed by atoms with Crippen LogP contribution in [-0.2, 0) is 11.2 Å². The van der Waals surface area contributed by atoms with Crippen molar-refractivity contribution in [2.45, 2.75) is 53.0 Å². The predicted molar refractivity (Wildman–Crippen MR) is 87.1 cm³/mol. The van der Waals surface area contributed by atoms with Gasteiger partial charge in [-0.25, -0.2) is 0 Å². The second-order valence-electron chi connectivity index (χ2n) is 5.92. The molecule has 0 radical (unpaired) electrons. The first kappa shape index (κ1) is 17.2. The van der Waals surface area contributed by atoms with E-state index < -0.39 is 0 Å². The molecule has 2 nitrogen and oxygen atoms in total. The van der Waals surface area contributed by atoms with Crippen LogP contribution >= 0.6 is 0 Å². The summed E-state index contributed by atoms with van der Waals surface area (Å²) in [6, 6.07) is 9.27. The van der Waals surface area contributed by atoms with Crippen molar-refractivity contribution >= 4 is 0 Å². The van der Waals surface area contributed by atoms with E-state index in [1.807, 2.05) is 0 Å². The number of benzene rings is 1. The van der Waals surface area contributed by atoms with E-state index in [1.165, 1.54) is 11.1 Å². The first-order valence-electron chi connectivity index (χ1n) is 8.07. The fourth-order valence-electron chi connectivity index (χ4n) is 2.35. The van der Waals surface area contributed by atoms with Crippen molar-refractivity contribution in [3.8, 4) is 0 Å². The molecule has 0 saturated heterocycles. The topological polar surface area (TPSA) is 21.3 Å². The van der Waals surface area contributed by atoms with E-state index in [9.17, 15) is 0 Å². The highest BCUT2D eigenvalue weighted by molar-refractivity contribution is 5.26. The molecule has 1 unspecified atom stereocenters. The standard InChI is InChI=1S/C18H31NO/c1-5-10-19-18(14-20-11-6-2)17-9-7-8-16(13-17)12-15(3)4/h7-9,13,15,18-19H,5-6,10-12,14H2,1-4H3. The number of rotatable bonds is 10. The Kier molecular flexibility index (Phi) is 8.56. The molecule has 1 aromatic carbocycles. The van der Waals surface area contributed by atoms with E-state index in [0.29, 0.717) is 12.0 Å². The normalized spacial score (nSPS) is 12.8. The summed E-state index contributed by atoms with van der Waals surface area (Å²) < 4.78 is 5.75. The molecular weight excluding hydrogens is 246 g/mol. The zero-order valence-corrected chi connectivity index (χ0v) is 13.6. The molecule has 0 saturated carbocycles. The number of nitrogens with one attached hydrogen (secondary N) is 1. The van der Waals surface area contributed by atoms with Crippen LogP contribution < -0.4 is 5.32 Å². The molecule has 0 aromatic heterocycles. The van der Waals surface area contributed by atoms with Gasteiger partial charge in [0.15, 0.2) is 0 Å². The molecule has 2 heteroatoms. The van der Waals surface area contributed by atoms with Crippen LogP contribution in [0.5, 0.6) is 0 Å². The Morgan fingerprint density at radius 1 is 1.15 bits per heavy atom. The summed E-state index contributed by atoms with van der Waals surface area (Å²) in [5, 5.41) is 3.60. The second-order valence-corrected chi connectivity index (χ2v) is 5.92. The van der Waals surface area contributed by atoms with Gasteiger partial charge in [-0.15, -0.1) is 0 Å². The average molecular weight is 277 g/mol. The van der Waals surface area contributed by atoms with Crippen LogP contribution in [0.4, 0.5) is 0 Å². The van der Waals surface area contributed by atoms with Gasteiger partial charge in [0.2, 0.25) is 0 Å². The van der Waals surface area contributed by atoms with Gasteiger partial charge in [-0.2, -0.15) is 0 Å². The molecular formula is C18H31NO. The number of ether oxygens (including phenoxy) is 1. The van der Waals surface area contributed by atoms with Crippen molar-refractivity contribution in [3.63, 3.8) is 0 Å². The third kappa shape index (κ3) is 6.53. The third-order valence-electron chi connectivity index (χ3n) is 3.27. The van der Waals surface area contributed by atoms with Gasteiger partial charge >= 0.3 is 0 Å². The van der Waals surface area contributed by atoms with E-state index in [1.54, 1.807) is 0 Å². The summed E-state index contributed by atoms with van der Waals surface area (Å²) in [4.78, 5) is 0. The Balaban J connectivity index is 2.71. The van der Waals surface area contributed by atoms with Gasteiger partial charge in [-0.05, 0) is 42.9 Å². The van der Waals surface area contributed by atoms with Crippen LogP contribution in [0.1, 0.15) is 57.7 Å². The molecule has 0 aliphatic rings. The first-order chi connectivity index (χ1) is 9.67. The molecule has 0 aliphatic carbocycles. The quantitative estimate of drug-likeness (QED) is 0.642. The summed E-state index contributed by atoms with van der Waals surface area (Å²) in [6.45, 7) is 11.5. The van der Waals surface area contributed by atoms with Gasteiger partial charge in [0.1, 0.15) is 0 Å². The summed E-state index contributed by atoms with van der Waals surface area (Å²) >= 11 is 0. The highest BCUT2D eigenvalue weighted by Gasteiger charge is 2.11. The maximum atomic E-state index is 5.75. The number of hydrogen-bond donors (Lipinski definition) is 1. The largest absolute Gasteiger partial charge is 0.379 e. The smallest absolute Gasteiger partial charge is 0.0661 e. The lowest BCUT2D eigenvalue weighted by Gasteiger charge is -2.20. The Morgan fingerprint density at radius 2 is 1.95 bits per heavy atom. The lowest BCUT2D eigenvalue weighted by molar-refractivity contribution is 0.112.